The van der Waals surface area contributed by atoms with Crippen LogP contribution in [0.1, 0.15) is 11.7 Å². The predicted molar refractivity (Wildman–Crippen MR) is 85.1 cm³/mol. The summed E-state index contributed by atoms with van der Waals surface area (Å²) in [7, 11) is 0. The number of fused-ring (bicyclic) bond motifs is 1. The molecule has 7 heteroatoms. The Kier molecular flexibility index (Phi) is 3.74. The van der Waals surface area contributed by atoms with E-state index in [1.165, 1.54) is 0 Å². The molecule has 2 aromatic heterocycles. The lowest BCUT2D eigenvalue weighted by Gasteiger charge is -2.11. The topological polar surface area (TPSA) is 89.9 Å². The molecule has 0 spiro atoms. The van der Waals surface area contributed by atoms with Crippen molar-refractivity contribution in [3.8, 4) is 0 Å². The monoisotopic (exact) mass is 347 g/mol. The van der Waals surface area contributed by atoms with Crippen LogP contribution in [0.5, 0.6) is 0 Å². The minimum Gasteiger partial charge on any atom is -0.396 e. The van der Waals surface area contributed by atoms with Gasteiger partial charge in [-0.3, -0.25) is 4.98 Å². The van der Waals surface area contributed by atoms with Crippen LogP contribution in [-0.2, 0) is 6.42 Å². The fraction of sp³-hybridized carbons (Fsp3) is 0.214. The number of nitrogens with zero attached hydrogens (tertiary/aromatic N) is 3. The van der Waals surface area contributed by atoms with Crippen molar-refractivity contribution in [3.63, 3.8) is 0 Å². The van der Waals surface area contributed by atoms with Gasteiger partial charge in [-0.2, -0.15) is 4.98 Å². The first-order chi connectivity index (χ1) is 10.1. The molecule has 3 N–H and O–H groups in total. The standard InChI is InChI=1S/C14H14BrN5O/c1-8-19-13(20-21-8)4-5-17-14-10-6-9(15)2-3-12(10)18-7-11(14)16/h2-3,6-7H,4-5,16H2,1H3,(H,17,18). The molecule has 3 aromatic rings. The summed E-state index contributed by atoms with van der Waals surface area (Å²) in [6.45, 7) is 2.44. The molecular formula is C14H14BrN5O. The van der Waals surface area contributed by atoms with E-state index >= 15 is 0 Å². The van der Waals surface area contributed by atoms with Crippen LogP contribution < -0.4 is 11.1 Å². The Hall–Kier alpha value is -2.15. The highest BCUT2D eigenvalue weighted by Gasteiger charge is 2.08. The molecule has 108 valence electrons. The molecule has 0 radical (unpaired) electrons. The van der Waals surface area contributed by atoms with Crippen LogP contribution in [0.15, 0.2) is 33.4 Å². The van der Waals surface area contributed by atoms with Crippen LogP contribution in [0.4, 0.5) is 11.4 Å². The Morgan fingerprint density at radius 2 is 2.24 bits per heavy atom. The molecule has 0 bridgehead atoms. The number of anilines is 2. The molecule has 0 saturated heterocycles. The summed E-state index contributed by atoms with van der Waals surface area (Å²) in [5.74, 6) is 1.25. The van der Waals surface area contributed by atoms with Crippen molar-refractivity contribution in [2.45, 2.75) is 13.3 Å². The summed E-state index contributed by atoms with van der Waals surface area (Å²) in [5.41, 5.74) is 8.42. The number of nitrogens with two attached hydrogens (primary N) is 1. The zero-order chi connectivity index (χ0) is 14.8. The van der Waals surface area contributed by atoms with Gasteiger partial charge in [0.1, 0.15) is 0 Å². The van der Waals surface area contributed by atoms with E-state index in [4.69, 9.17) is 10.3 Å². The summed E-state index contributed by atoms with van der Waals surface area (Å²) in [4.78, 5) is 8.50. The second-order valence-electron chi connectivity index (χ2n) is 4.66. The van der Waals surface area contributed by atoms with Crippen molar-refractivity contribution in [1.82, 2.24) is 15.1 Å². The molecule has 0 fully saturated rings. The number of aromatic nitrogens is 3. The maximum absolute atomic E-state index is 6.03. The average Bonchev–Trinajstić information content (AvgIpc) is 2.87. The Labute approximate surface area is 129 Å². The van der Waals surface area contributed by atoms with Gasteiger partial charge < -0.3 is 15.6 Å². The third-order valence-corrected chi connectivity index (χ3v) is 3.57. The van der Waals surface area contributed by atoms with Crippen LogP contribution >= 0.6 is 15.9 Å². The predicted octanol–water partition coefficient (Wildman–Crippen LogP) is 2.93. The van der Waals surface area contributed by atoms with E-state index in [0.717, 1.165) is 21.1 Å². The zero-order valence-corrected chi connectivity index (χ0v) is 13.0. The molecule has 0 saturated carbocycles. The summed E-state index contributed by atoms with van der Waals surface area (Å²) in [5, 5.41) is 8.18. The molecule has 0 amide bonds. The third kappa shape index (κ3) is 2.97. The highest BCUT2D eigenvalue weighted by atomic mass is 79.9. The SMILES string of the molecule is Cc1nc(CCNc2c(N)cnc3ccc(Br)cc23)no1. The van der Waals surface area contributed by atoms with Crippen molar-refractivity contribution in [1.29, 1.82) is 0 Å². The van der Waals surface area contributed by atoms with E-state index in [1.54, 1.807) is 13.1 Å². The number of pyridine rings is 1. The van der Waals surface area contributed by atoms with Gasteiger partial charge in [-0.05, 0) is 18.2 Å². The molecule has 0 aliphatic rings. The van der Waals surface area contributed by atoms with Crippen LogP contribution in [0.3, 0.4) is 0 Å². The van der Waals surface area contributed by atoms with E-state index in [1.807, 2.05) is 18.2 Å². The molecule has 3 rings (SSSR count). The van der Waals surface area contributed by atoms with Gasteiger partial charge in [0.05, 0.1) is 23.1 Å². The Balaban J connectivity index is 1.82. The Morgan fingerprint density at radius 1 is 1.38 bits per heavy atom. The van der Waals surface area contributed by atoms with Crippen LogP contribution in [0.2, 0.25) is 0 Å². The Morgan fingerprint density at radius 3 is 3.00 bits per heavy atom. The van der Waals surface area contributed by atoms with Crippen molar-refractivity contribution >= 4 is 38.2 Å². The second-order valence-corrected chi connectivity index (χ2v) is 5.57. The van der Waals surface area contributed by atoms with Gasteiger partial charge in [-0.1, -0.05) is 21.1 Å². The lowest BCUT2D eigenvalue weighted by molar-refractivity contribution is 0.387. The minimum absolute atomic E-state index is 0.572. The summed E-state index contributed by atoms with van der Waals surface area (Å²) < 4.78 is 5.93. The van der Waals surface area contributed by atoms with Gasteiger partial charge in [0, 0.05) is 29.7 Å². The van der Waals surface area contributed by atoms with E-state index in [2.05, 4.69) is 36.4 Å². The van der Waals surface area contributed by atoms with Crippen molar-refractivity contribution in [2.75, 3.05) is 17.6 Å². The molecule has 0 aliphatic heterocycles. The van der Waals surface area contributed by atoms with Gasteiger partial charge in [0.25, 0.3) is 0 Å². The smallest absolute Gasteiger partial charge is 0.223 e. The molecule has 2 heterocycles. The maximum atomic E-state index is 6.03. The fourth-order valence-electron chi connectivity index (χ4n) is 2.12. The summed E-state index contributed by atoms with van der Waals surface area (Å²) >= 11 is 3.47. The second kappa shape index (κ2) is 5.69. The number of hydrogen-bond donors (Lipinski definition) is 2. The first kappa shape index (κ1) is 13.8. The number of nitrogen functional groups attached to an aromatic ring is 1. The van der Waals surface area contributed by atoms with Crippen LogP contribution in [0, 0.1) is 6.92 Å². The molecule has 1 aromatic carbocycles. The van der Waals surface area contributed by atoms with E-state index in [9.17, 15) is 0 Å². The van der Waals surface area contributed by atoms with Gasteiger partial charge >= 0.3 is 0 Å². The average molecular weight is 348 g/mol. The third-order valence-electron chi connectivity index (χ3n) is 3.08. The number of rotatable bonds is 4. The van der Waals surface area contributed by atoms with Gasteiger partial charge in [-0.15, -0.1) is 0 Å². The molecule has 0 unspecified atom stereocenters. The zero-order valence-electron chi connectivity index (χ0n) is 11.4. The summed E-state index contributed by atoms with van der Waals surface area (Å²) in [6.07, 6.45) is 2.33. The summed E-state index contributed by atoms with van der Waals surface area (Å²) in [6, 6.07) is 5.91. The normalized spacial score (nSPS) is 11.0. The van der Waals surface area contributed by atoms with Crippen LogP contribution in [-0.4, -0.2) is 21.7 Å². The highest BCUT2D eigenvalue weighted by Crippen LogP contribution is 2.29. The lowest BCUT2D eigenvalue weighted by Crippen LogP contribution is -2.08. The fourth-order valence-corrected chi connectivity index (χ4v) is 2.48. The molecular weight excluding hydrogens is 334 g/mol. The van der Waals surface area contributed by atoms with Crippen molar-refractivity contribution in [3.05, 3.63) is 40.6 Å². The molecule has 21 heavy (non-hydrogen) atoms. The number of halogens is 1. The number of hydrogen-bond acceptors (Lipinski definition) is 6. The highest BCUT2D eigenvalue weighted by molar-refractivity contribution is 9.10. The number of aryl methyl sites for hydroxylation is 1. The Bertz CT molecular complexity index is 781. The number of nitrogens with one attached hydrogen (secondary N) is 1. The minimum atomic E-state index is 0.572. The molecule has 0 atom stereocenters. The van der Waals surface area contributed by atoms with E-state index in [0.29, 0.717) is 30.4 Å². The quantitative estimate of drug-likeness (QED) is 0.754. The van der Waals surface area contributed by atoms with E-state index in [-0.39, 0.29) is 0 Å². The van der Waals surface area contributed by atoms with Gasteiger partial charge in [0.2, 0.25) is 5.89 Å². The van der Waals surface area contributed by atoms with Crippen molar-refractivity contribution < 1.29 is 4.52 Å². The van der Waals surface area contributed by atoms with Gasteiger partial charge in [0.15, 0.2) is 5.82 Å². The lowest BCUT2D eigenvalue weighted by atomic mass is 10.1. The van der Waals surface area contributed by atoms with Crippen LogP contribution in [0.25, 0.3) is 10.9 Å². The van der Waals surface area contributed by atoms with Crippen molar-refractivity contribution in [2.24, 2.45) is 0 Å². The number of benzene rings is 1. The first-order valence-corrected chi connectivity index (χ1v) is 7.29. The maximum Gasteiger partial charge on any atom is 0.223 e. The molecule has 6 nitrogen and oxygen atoms in total. The first-order valence-electron chi connectivity index (χ1n) is 6.50. The van der Waals surface area contributed by atoms with E-state index < -0.39 is 0 Å². The molecule has 0 aliphatic carbocycles. The van der Waals surface area contributed by atoms with Gasteiger partial charge in [-0.25, -0.2) is 0 Å². The largest absolute Gasteiger partial charge is 0.396 e.